The van der Waals surface area contributed by atoms with Crippen LogP contribution in [-0.4, -0.2) is 5.91 Å². The lowest BCUT2D eigenvalue weighted by atomic mass is 9.86. The van der Waals surface area contributed by atoms with Crippen molar-refractivity contribution in [3.8, 4) is 0 Å². The number of carbonyl (C=O) groups is 1. The highest BCUT2D eigenvalue weighted by molar-refractivity contribution is 7.10. The van der Waals surface area contributed by atoms with Crippen molar-refractivity contribution in [1.82, 2.24) is 5.32 Å². The highest BCUT2D eigenvalue weighted by Gasteiger charge is 2.26. The molecule has 1 aromatic heterocycles. The molecular weight excluding hydrogens is 302 g/mol. The summed E-state index contributed by atoms with van der Waals surface area (Å²) in [4.78, 5) is 14.3. The number of amides is 1. The number of hydrogen-bond acceptors (Lipinski definition) is 2. The minimum absolute atomic E-state index is 0.124. The van der Waals surface area contributed by atoms with E-state index in [1.54, 1.807) is 11.3 Å². The second kappa shape index (κ2) is 6.12. The minimum atomic E-state index is 0.124. The highest BCUT2D eigenvalue weighted by Crippen LogP contribution is 2.34. The predicted octanol–water partition coefficient (Wildman–Crippen LogP) is 4.68. The lowest BCUT2D eigenvalue weighted by molar-refractivity contribution is 0.0932. The Balaban J connectivity index is 1.56. The van der Waals surface area contributed by atoms with Gasteiger partial charge in [-0.15, -0.1) is 11.3 Å². The molecule has 1 N–H and O–H groups in total. The fraction of sp³-hybridized carbons (Fsp3) is 0.450. The summed E-state index contributed by atoms with van der Waals surface area (Å²) in [6.07, 6.45) is 6.74. The summed E-state index contributed by atoms with van der Waals surface area (Å²) in [5, 5.41) is 5.38. The summed E-state index contributed by atoms with van der Waals surface area (Å²) in [5.41, 5.74) is 4.95. The van der Waals surface area contributed by atoms with Gasteiger partial charge in [0.15, 0.2) is 0 Å². The van der Waals surface area contributed by atoms with Crippen LogP contribution in [0.3, 0.4) is 0 Å². The van der Waals surface area contributed by atoms with Crippen LogP contribution in [0, 0.1) is 5.92 Å². The SMILES string of the molecule is C[C@@H]1CCc2c(C(=O)N[C@@H]3CCCc4ccccc43)csc2C1. The number of benzene rings is 1. The van der Waals surface area contributed by atoms with Gasteiger partial charge in [-0.1, -0.05) is 31.2 Å². The molecule has 2 aliphatic rings. The van der Waals surface area contributed by atoms with E-state index in [9.17, 15) is 4.79 Å². The monoisotopic (exact) mass is 325 g/mol. The zero-order valence-electron chi connectivity index (χ0n) is 13.6. The van der Waals surface area contributed by atoms with Gasteiger partial charge in [0.1, 0.15) is 0 Å². The molecule has 2 aromatic rings. The third kappa shape index (κ3) is 2.83. The summed E-state index contributed by atoms with van der Waals surface area (Å²) >= 11 is 1.77. The van der Waals surface area contributed by atoms with Crippen LogP contribution in [-0.2, 0) is 19.3 Å². The fourth-order valence-electron chi connectivity index (χ4n) is 4.01. The number of rotatable bonds is 2. The number of fused-ring (bicyclic) bond motifs is 2. The number of carbonyl (C=O) groups excluding carboxylic acids is 1. The summed E-state index contributed by atoms with van der Waals surface area (Å²) in [5.74, 6) is 0.876. The summed E-state index contributed by atoms with van der Waals surface area (Å²) in [7, 11) is 0. The second-order valence-corrected chi connectivity index (χ2v) is 7.98. The molecule has 0 fully saturated rings. The van der Waals surface area contributed by atoms with E-state index in [2.05, 4.69) is 41.9 Å². The zero-order chi connectivity index (χ0) is 15.8. The van der Waals surface area contributed by atoms with E-state index in [0.717, 1.165) is 43.6 Å². The Morgan fingerprint density at radius 2 is 2.09 bits per heavy atom. The summed E-state index contributed by atoms with van der Waals surface area (Å²) < 4.78 is 0. The van der Waals surface area contributed by atoms with Crippen LogP contribution in [0.15, 0.2) is 29.6 Å². The van der Waals surface area contributed by atoms with Crippen LogP contribution in [0.5, 0.6) is 0 Å². The van der Waals surface area contributed by atoms with E-state index < -0.39 is 0 Å². The van der Waals surface area contributed by atoms with Crippen LogP contribution >= 0.6 is 11.3 Å². The molecule has 0 saturated heterocycles. The van der Waals surface area contributed by atoms with Gasteiger partial charge in [-0.3, -0.25) is 4.79 Å². The molecule has 0 aliphatic heterocycles. The molecule has 0 unspecified atom stereocenters. The topological polar surface area (TPSA) is 29.1 Å². The smallest absolute Gasteiger partial charge is 0.252 e. The van der Waals surface area contributed by atoms with Gasteiger partial charge in [-0.05, 0) is 61.1 Å². The molecule has 2 aliphatic carbocycles. The molecular formula is C20H23NOS. The molecule has 120 valence electrons. The second-order valence-electron chi connectivity index (χ2n) is 7.02. The Bertz CT molecular complexity index is 733. The zero-order valence-corrected chi connectivity index (χ0v) is 14.4. The Hall–Kier alpha value is -1.61. The lowest BCUT2D eigenvalue weighted by Crippen LogP contribution is -2.31. The van der Waals surface area contributed by atoms with Crippen molar-refractivity contribution < 1.29 is 4.79 Å². The first-order chi connectivity index (χ1) is 11.2. The molecule has 2 nitrogen and oxygen atoms in total. The van der Waals surface area contributed by atoms with E-state index in [1.165, 1.54) is 28.0 Å². The maximum atomic E-state index is 12.8. The standard InChI is InChI=1S/C20H23NOS/c1-13-9-10-16-17(12-23-19(16)11-13)20(22)21-18-8-4-6-14-5-2-3-7-15(14)18/h2-3,5,7,12-13,18H,4,6,8-11H2,1H3,(H,21,22)/t13-,18-/m1/s1. The molecule has 23 heavy (non-hydrogen) atoms. The van der Waals surface area contributed by atoms with Gasteiger partial charge in [-0.25, -0.2) is 0 Å². The largest absolute Gasteiger partial charge is 0.345 e. The van der Waals surface area contributed by atoms with Crippen molar-refractivity contribution >= 4 is 17.2 Å². The molecule has 1 heterocycles. The van der Waals surface area contributed by atoms with Crippen molar-refractivity contribution in [3.63, 3.8) is 0 Å². The average Bonchev–Trinajstić information content (AvgIpc) is 2.98. The molecule has 2 atom stereocenters. The fourth-order valence-corrected chi connectivity index (χ4v) is 5.25. The Kier molecular flexibility index (Phi) is 3.98. The molecule has 3 heteroatoms. The number of hydrogen-bond donors (Lipinski definition) is 1. The normalized spacial score (nSPS) is 23.0. The van der Waals surface area contributed by atoms with Crippen LogP contribution in [0.4, 0.5) is 0 Å². The van der Waals surface area contributed by atoms with E-state index in [1.807, 2.05) is 0 Å². The average molecular weight is 325 g/mol. The highest BCUT2D eigenvalue weighted by atomic mass is 32.1. The maximum absolute atomic E-state index is 12.8. The predicted molar refractivity (Wildman–Crippen MR) is 95.1 cm³/mol. The summed E-state index contributed by atoms with van der Waals surface area (Å²) in [6, 6.07) is 8.72. The molecule has 1 aromatic carbocycles. The molecule has 0 spiro atoms. The third-order valence-corrected chi connectivity index (χ3v) is 6.37. The van der Waals surface area contributed by atoms with Gasteiger partial charge in [0.05, 0.1) is 11.6 Å². The molecule has 4 rings (SSSR count). The van der Waals surface area contributed by atoms with Crippen molar-refractivity contribution in [1.29, 1.82) is 0 Å². The van der Waals surface area contributed by atoms with Gasteiger partial charge in [0.2, 0.25) is 0 Å². The first-order valence-corrected chi connectivity index (χ1v) is 9.58. The van der Waals surface area contributed by atoms with Crippen LogP contribution in [0.2, 0.25) is 0 Å². The molecule has 0 bridgehead atoms. The van der Waals surface area contributed by atoms with Gasteiger partial charge >= 0.3 is 0 Å². The van der Waals surface area contributed by atoms with Crippen LogP contribution in [0.25, 0.3) is 0 Å². The third-order valence-electron chi connectivity index (χ3n) is 5.32. The van der Waals surface area contributed by atoms with E-state index in [-0.39, 0.29) is 11.9 Å². The molecule has 0 radical (unpaired) electrons. The van der Waals surface area contributed by atoms with Crippen molar-refractivity contribution in [2.75, 3.05) is 0 Å². The Morgan fingerprint density at radius 1 is 1.22 bits per heavy atom. The van der Waals surface area contributed by atoms with E-state index in [0.29, 0.717) is 0 Å². The lowest BCUT2D eigenvalue weighted by Gasteiger charge is -2.26. The minimum Gasteiger partial charge on any atom is -0.345 e. The first-order valence-electron chi connectivity index (χ1n) is 8.70. The Morgan fingerprint density at radius 3 is 3.00 bits per heavy atom. The Labute approximate surface area is 141 Å². The first kappa shape index (κ1) is 14.9. The van der Waals surface area contributed by atoms with Gasteiger partial charge in [0.25, 0.3) is 5.91 Å². The van der Waals surface area contributed by atoms with Crippen LogP contribution in [0.1, 0.15) is 64.2 Å². The van der Waals surface area contributed by atoms with E-state index in [4.69, 9.17) is 0 Å². The van der Waals surface area contributed by atoms with Gasteiger partial charge in [0, 0.05) is 10.3 Å². The number of thiophene rings is 1. The van der Waals surface area contributed by atoms with Crippen LogP contribution < -0.4 is 5.32 Å². The number of aryl methyl sites for hydroxylation is 1. The van der Waals surface area contributed by atoms with Crippen molar-refractivity contribution in [2.45, 2.75) is 51.5 Å². The molecule has 1 amide bonds. The van der Waals surface area contributed by atoms with Crippen molar-refractivity contribution in [3.05, 3.63) is 56.8 Å². The van der Waals surface area contributed by atoms with Gasteiger partial charge in [-0.2, -0.15) is 0 Å². The maximum Gasteiger partial charge on any atom is 0.252 e. The number of nitrogens with one attached hydrogen (secondary N) is 1. The summed E-state index contributed by atoms with van der Waals surface area (Å²) in [6.45, 7) is 2.31. The van der Waals surface area contributed by atoms with E-state index >= 15 is 0 Å². The molecule has 0 saturated carbocycles. The quantitative estimate of drug-likeness (QED) is 0.853. The van der Waals surface area contributed by atoms with Crippen molar-refractivity contribution in [2.24, 2.45) is 5.92 Å². The van der Waals surface area contributed by atoms with Gasteiger partial charge < -0.3 is 5.32 Å².